The van der Waals surface area contributed by atoms with Crippen LogP contribution in [-0.2, 0) is 0 Å². The van der Waals surface area contributed by atoms with E-state index in [9.17, 15) is 0 Å². The molecule has 2 rings (SSSR count). The van der Waals surface area contributed by atoms with Gasteiger partial charge in [-0.05, 0) is 37.5 Å². The van der Waals surface area contributed by atoms with E-state index in [0.717, 1.165) is 0 Å². The second kappa shape index (κ2) is 6.47. The smallest absolute Gasteiger partial charge is 0.0650 e. The van der Waals surface area contributed by atoms with Crippen LogP contribution in [0.3, 0.4) is 0 Å². The van der Waals surface area contributed by atoms with Crippen molar-refractivity contribution >= 4 is 41.8 Å². The fraction of sp³-hybridized carbons (Fsp3) is 0.647. The van der Waals surface area contributed by atoms with Crippen molar-refractivity contribution in [3.05, 3.63) is 30.3 Å². The lowest BCUT2D eigenvalue weighted by Gasteiger charge is -2.65. The molecule has 0 aliphatic carbocycles. The van der Waals surface area contributed by atoms with Crippen LogP contribution < -0.4 is 5.30 Å². The average molecular weight is 388 g/mol. The minimum atomic E-state index is -1.06. The molecule has 0 saturated carbocycles. The van der Waals surface area contributed by atoms with E-state index in [1.54, 1.807) is 5.30 Å². The van der Waals surface area contributed by atoms with Crippen molar-refractivity contribution in [1.82, 2.24) is 0 Å². The van der Waals surface area contributed by atoms with Gasteiger partial charge in [-0.25, -0.2) is 0 Å². The first-order chi connectivity index (χ1) is 9.85. The molecule has 0 radical (unpaired) electrons. The zero-order valence-corrected chi connectivity index (χ0v) is 20.3. The Morgan fingerprint density at radius 3 is 1.45 bits per heavy atom. The van der Waals surface area contributed by atoms with Crippen LogP contribution in [0.5, 0.6) is 0 Å². The van der Waals surface area contributed by atoms with Gasteiger partial charge in [0.15, 0.2) is 0 Å². The Morgan fingerprint density at radius 2 is 1.14 bits per heavy atom. The van der Waals surface area contributed by atoms with Crippen molar-refractivity contribution in [3.63, 3.8) is 0 Å². The summed E-state index contributed by atoms with van der Waals surface area (Å²) >= 11 is 0. The van der Waals surface area contributed by atoms with Crippen LogP contribution in [0.15, 0.2) is 30.3 Å². The van der Waals surface area contributed by atoms with Gasteiger partial charge in [0.2, 0.25) is 0 Å². The lowest BCUT2D eigenvalue weighted by atomic mass is 10.3. The molecule has 1 aliphatic heterocycles. The Kier molecular flexibility index (Phi) is 5.73. The highest BCUT2D eigenvalue weighted by Crippen LogP contribution is 3.24. The Balaban J connectivity index is 2.52. The van der Waals surface area contributed by atoms with Crippen LogP contribution in [-0.4, -0.2) is 18.1 Å². The van der Waals surface area contributed by atoms with E-state index in [1.165, 1.54) is 0 Å². The van der Waals surface area contributed by atoms with Crippen molar-refractivity contribution in [1.29, 1.82) is 0 Å². The Bertz CT molecular complexity index is 488. The molecule has 124 valence electrons. The predicted octanol–water partition coefficient (Wildman–Crippen LogP) is 8.35. The van der Waals surface area contributed by atoms with Crippen LogP contribution in [0.1, 0.15) is 41.5 Å². The summed E-state index contributed by atoms with van der Waals surface area (Å²) in [4.78, 5) is 0. The van der Waals surface area contributed by atoms with Crippen molar-refractivity contribution in [2.75, 3.05) is 0 Å². The highest BCUT2D eigenvalue weighted by atomic mass is 33.1. The zero-order valence-electron chi connectivity index (χ0n) is 15.7. The molecule has 0 N–H and O–H groups in total. The third-order valence-corrected chi connectivity index (χ3v) is 61.2. The van der Waals surface area contributed by atoms with Crippen LogP contribution >= 0.6 is 28.7 Å². The summed E-state index contributed by atoms with van der Waals surface area (Å²) in [5.41, 5.74) is 0. The summed E-state index contributed by atoms with van der Waals surface area (Å²) in [7, 11) is -0.589. The molecule has 1 heterocycles. The molecule has 1 aromatic carbocycles. The van der Waals surface area contributed by atoms with Gasteiger partial charge in [-0.15, -0.1) is 0 Å². The molecular formula is C17H32P4Si. The van der Waals surface area contributed by atoms with Crippen molar-refractivity contribution in [3.8, 4) is 0 Å². The molecule has 0 amide bonds. The van der Waals surface area contributed by atoms with Gasteiger partial charge in [0.1, 0.15) is 0 Å². The Labute approximate surface area is 143 Å². The third kappa shape index (κ3) is 3.87. The van der Waals surface area contributed by atoms with Gasteiger partial charge in [-0.3, -0.25) is 0 Å². The van der Waals surface area contributed by atoms with E-state index < -0.39 is 7.74 Å². The number of hydrogen-bond donors (Lipinski definition) is 0. The molecule has 0 bridgehead atoms. The third-order valence-electron chi connectivity index (χ3n) is 3.50. The van der Waals surface area contributed by atoms with Gasteiger partial charge >= 0.3 is 0 Å². The second-order valence-electron chi connectivity index (χ2n) is 9.01. The fourth-order valence-electron chi connectivity index (χ4n) is 2.77. The van der Waals surface area contributed by atoms with Gasteiger partial charge in [0.05, 0.1) is 7.74 Å². The van der Waals surface area contributed by atoms with E-state index in [2.05, 4.69) is 91.5 Å². The predicted molar refractivity (Wildman–Crippen MR) is 117 cm³/mol. The maximum absolute atomic E-state index is 2.65. The summed E-state index contributed by atoms with van der Waals surface area (Å²) in [6, 6.07) is 11.6. The van der Waals surface area contributed by atoms with Gasteiger partial charge in [-0.1, -0.05) is 98.4 Å². The van der Waals surface area contributed by atoms with Crippen molar-refractivity contribution < 1.29 is 0 Å². The molecule has 1 fully saturated rings. The number of rotatable bonds is 2. The Morgan fingerprint density at radius 1 is 0.727 bits per heavy atom. The molecule has 0 nitrogen and oxygen atoms in total. The molecule has 22 heavy (non-hydrogen) atoms. The van der Waals surface area contributed by atoms with E-state index in [0.29, 0.717) is 17.2 Å². The summed E-state index contributed by atoms with van der Waals surface area (Å²) < 4.78 is 0. The number of hydrogen-bond acceptors (Lipinski definition) is 0. The minimum Gasteiger partial charge on any atom is -0.0650 e. The molecule has 1 aromatic rings. The standard InChI is InChI=1S/C17H32P4Si/c1-16(2,3)19-18(15-13-11-10-12-14-15)20(17(4,5)6)21(19)22(7,8)9/h10-14H,1-9H3. The zero-order chi connectivity index (χ0) is 16.9. The molecule has 5 heteroatoms. The maximum Gasteiger partial charge on any atom is 0.0833 e. The number of benzene rings is 1. The molecule has 2 atom stereocenters. The summed E-state index contributed by atoms with van der Waals surface area (Å²) in [5, 5.41) is 2.75. The molecule has 1 saturated heterocycles. The van der Waals surface area contributed by atoms with Gasteiger partial charge in [-0.2, -0.15) is 0 Å². The highest BCUT2D eigenvalue weighted by Gasteiger charge is 2.61. The summed E-state index contributed by atoms with van der Waals surface area (Å²) in [6.45, 7) is 23.4. The second-order valence-corrected chi connectivity index (χ2v) is 39.9. The van der Waals surface area contributed by atoms with Gasteiger partial charge < -0.3 is 0 Å². The normalized spacial score (nSPS) is 30.0. The molecule has 0 spiro atoms. The van der Waals surface area contributed by atoms with Gasteiger partial charge in [0.25, 0.3) is 0 Å². The largest absolute Gasteiger partial charge is 0.0833 e. The lowest BCUT2D eigenvalue weighted by molar-refractivity contribution is 0.794. The first kappa shape index (κ1) is 19.5. The fourth-order valence-corrected chi connectivity index (χ4v) is 88.3. The van der Waals surface area contributed by atoms with Crippen LogP contribution in [0.4, 0.5) is 0 Å². The van der Waals surface area contributed by atoms with Crippen molar-refractivity contribution in [2.45, 2.75) is 71.5 Å². The van der Waals surface area contributed by atoms with Crippen molar-refractivity contribution in [2.24, 2.45) is 0 Å². The SMILES string of the molecule is CC(C)(C)P1P(c2ccccc2)P(C(C)(C)C)P1[Si](C)(C)C. The lowest BCUT2D eigenvalue weighted by Crippen LogP contribution is -2.30. The Hall–Kier alpha value is 1.16. The maximum atomic E-state index is 2.65. The summed E-state index contributed by atoms with van der Waals surface area (Å²) in [5.74, 6) is 0. The van der Waals surface area contributed by atoms with Crippen LogP contribution in [0.25, 0.3) is 0 Å². The average Bonchev–Trinajstić information content (AvgIpc) is 2.22. The van der Waals surface area contributed by atoms with E-state index >= 15 is 0 Å². The molecule has 2 unspecified atom stereocenters. The molecule has 1 aliphatic rings. The van der Waals surface area contributed by atoms with E-state index in [1.807, 2.05) is 0 Å². The highest BCUT2D eigenvalue weighted by molar-refractivity contribution is 9.15. The van der Waals surface area contributed by atoms with Gasteiger partial charge in [0, 0.05) is 0 Å². The topological polar surface area (TPSA) is 0 Å². The summed E-state index contributed by atoms with van der Waals surface area (Å²) in [6.07, 6.45) is 0. The minimum absolute atomic E-state index is 0.0937. The van der Waals surface area contributed by atoms with Crippen LogP contribution in [0, 0.1) is 0 Å². The van der Waals surface area contributed by atoms with Crippen LogP contribution in [0.2, 0.25) is 19.6 Å². The quantitative estimate of drug-likeness (QED) is 0.353. The van der Waals surface area contributed by atoms with E-state index in [4.69, 9.17) is 0 Å². The molecule has 0 aromatic heterocycles. The first-order valence-corrected chi connectivity index (χ1v) is 20.6. The van der Waals surface area contributed by atoms with E-state index in [-0.39, 0.29) is 21.9 Å². The molecular weight excluding hydrogens is 356 g/mol. The monoisotopic (exact) mass is 388 g/mol. The first-order valence-electron chi connectivity index (χ1n) is 8.11.